The molecule has 0 bridgehead atoms. The van der Waals surface area contributed by atoms with Gasteiger partial charge in [0.25, 0.3) is 0 Å². The maximum Gasteiger partial charge on any atom is 0.146 e. The second kappa shape index (κ2) is 14.4. The Morgan fingerprint density at radius 3 is 1.00 bits per heavy atom. The van der Waals surface area contributed by atoms with Crippen LogP contribution in [0.5, 0.6) is 11.5 Å². The molecule has 6 aromatic rings. The van der Waals surface area contributed by atoms with Crippen molar-refractivity contribution in [3.63, 3.8) is 0 Å². The first-order chi connectivity index (χ1) is 22.7. The maximum absolute atomic E-state index is 7.12. The highest BCUT2D eigenvalue weighted by Gasteiger charge is 2.32. The van der Waals surface area contributed by atoms with Gasteiger partial charge in [-0.2, -0.15) is 0 Å². The normalized spacial score (nSPS) is 13.0. The van der Waals surface area contributed by atoms with Crippen molar-refractivity contribution in [3.05, 3.63) is 156 Å². The lowest BCUT2D eigenvalue weighted by molar-refractivity contribution is 0.264. The summed E-state index contributed by atoms with van der Waals surface area (Å²) in [7, 11) is -2.03. The van der Waals surface area contributed by atoms with Gasteiger partial charge in [-0.1, -0.05) is 157 Å². The highest BCUT2D eigenvalue weighted by molar-refractivity contribution is 7.80. The zero-order valence-electron chi connectivity index (χ0n) is 25.2. The van der Waals surface area contributed by atoms with E-state index < -0.39 is 15.8 Å². The zero-order valence-corrected chi connectivity index (χ0v) is 28.5. The van der Waals surface area contributed by atoms with Crippen molar-refractivity contribution in [2.45, 2.75) is 12.8 Å². The molecule has 1 heterocycles. The summed E-state index contributed by atoms with van der Waals surface area (Å²) < 4.78 is 13.4. The van der Waals surface area contributed by atoms with Gasteiger partial charge in [0.1, 0.15) is 11.5 Å². The second-order valence-corrected chi connectivity index (χ2v) is 16.1. The minimum absolute atomic E-state index is 0.547. The molecule has 0 saturated heterocycles. The fourth-order valence-corrected chi connectivity index (χ4v) is 11.3. The van der Waals surface area contributed by atoms with Gasteiger partial charge in [-0.05, 0) is 72.6 Å². The van der Waals surface area contributed by atoms with Crippen LogP contribution < -0.4 is 41.3 Å². The topological polar surface area (TPSA) is 18.5 Å². The molecule has 0 saturated carbocycles. The Labute approximate surface area is 283 Å². The molecule has 6 heteroatoms. The van der Waals surface area contributed by atoms with E-state index in [-0.39, 0.29) is 0 Å². The van der Waals surface area contributed by atoms with Crippen molar-refractivity contribution in [2.75, 3.05) is 13.2 Å². The number of hydrogen-bond donors (Lipinski definition) is 0. The summed E-state index contributed by atoms with van der Waals surface area (Å²) in [4.78, 5) is 0. The summed E-state index contributed by atoms with van der Waals surface area (Å²) in [6, 6.07) is 51.3. The van der Waals surface area contributed by atoms with E-state index in [1.54, 1.807) is 0 Å². The summed E-state index contributed by atoms with van der Waals surface area (Å²) in [5, 5.41) is 8.42. The van der Waals surface area contributed by atoms with Gasteiger partial charge in [-0.15, -0.1) is 0 Å². The zero-order chi connectivity index (χ0) is 31.3. The van der Waals surface area contributed by atoms with Crippen LogP contribution in [0.3, 0.4) is 0 Å². The number of benzene rings is 6. The minimum atomic E-state index is -1.01. The van der Waals surface area contributed by atoms with Crippen molar-refractivity contribution >= 4 is 70.9 Å². The molecule has 0 amide bonds. The fraction of sp³-hybridized carbons (Fsp3) is 0.100. The first-order valence-corrected chi connectivity index (χ1v) is 18.9. The van der Waals surface area contributed by atoms with E-state index in [0.717, 1.165) is 34.6 Å². The Hall–Kier alpha value is -3.64. The number of halogens is 2. The van der Waals surface area contributed by atoms with Crippen LogP contribution in [0.1, 0.15) is 12.8 Å². The summed E-state index contributed by atoms with van der Waals surface area (Å²) in [5.74, 6) is 1.37. The standard InChI is InChI=1S/C40H32Cl2O2P2/c41-33-23-25-35(45(29-15-5-1-6-16-29)30-17-7-2-8-18-30)37-38-36(26-24-34(42)40(38)44-28-14-13-27-43-39(33)37)46(31-19-9-3-10-20-31)32-21-11-4-12-22-32/h1-12,15-26H,13-14,27-28H2. The lowest BCUT2D eigenvalue weighted by Crippen LogP contribution is -2.27. The molecule has 0 radical (unpaired) electrons. The molecule has 7 rings (SSSR count). The van der Waals surface area contributed by atoms with Crippen molar-refractivity contribution in [3.8, 4) is 22.6 Å². The van der Waals surface area contributed by atoms with Crippen molar-refractivity contribution in [1.29, 1.82) is 0 Å². The molecule has 1 aliphatic rings. The molecule has 1 aliphatic heterocycles. The average molecular weight is 678 g/mol. The highest BCUT2D eigenvalue weighted by Crippen LogP contribution is 2.50. The molecular formula is C40H32Cl2O2P2. The predicted molar refractivity (Wildman–Crippen MR) is 200 cm³/mol. The molecule has 0 spiro atoms. The van der Waals surface area contributed by atoms with Gasteiger partial charge in [-0.25, -0.2) is 0 Å². The van der Waals surface area contributed by atoms with E-state index in [2.05, 4.69) is 133 Å². The molecule has 0 atom stereocenters. The first kappa shape index (κ1) is 31.0. The van der Waals surface area contributed by atoms with Gasteiger partial charge in [0.2, 0.25) is 0 Å². The monoisotopic (exact) mass is 676 g/mol. The summed E-state index contributed by atoms with van der Waals surface area (Å²) in [6.45, 7) is 1.09. The Kier molecular flexibility index (Phi) is 9.71. The molecule has 46 heavy (non-hydrogen) atoms. The molecule has 228 valence electrons. The highest BCUT2D eigenvalue weighted by atomic mass is 35.5. The second-order valence-electron chi connectivity index (χ2n) is 11.0. The van der Waals surface area contributed by atoms with Gasteiger partial charge >= 0.3 is 0 Å². The fourth-order valence-electron chi connectivity index (χ4n) is 5.95. The SMILES string of the molecule is Clc1ccc(P(c2ccccc2)c2ccccc2)c2c1OCCCCOc1c(Cl)ccc(P(c3ccccc3)c3ccccc3)c1-2. The van der Waals surface area contributed by atoms with Crippen molar-refractivity contribution in [1.82, 2.24) is 0 Å². The number of rotatable bonds is 6. The Morgan fingerprint density at radius 1 is 0.391 bits per heavy atom. The largest absolute Gasteiger partial charge is 0.491 e. The lowest BCUT2D eigenvalue weighted by atomic mass is 10.0. The van der Waals surface area contributed by atoms with Crippen LogP contribution in [0.25, 0.3) is 11.1 Å². The smallest absolute Gasteiger partial charge is 0.146 e. The van der Waals surface area contributed by atoms with Gasteiger partial charge in [-0.3, -0.25) is 0 Å². The molecule has 0 N–H and O–H groups in total. The van der Waals surface area contributed by atoms with Crippen LogP contribution in [0.4, 0.5) is 0 Å². The molecule has 0 fully saturated rings. The van der Waals surface area contributed by atoms with E-state index in [9.17, 15) is 0 Å². The third-order valence-electron chi connectivity index (χ3n) is 8.00. The van der Waals surface area contributed by atoms with E-state index >= 15 is 0 Å². The van der Waals surface area contributed by atoms with Crippen LogP contribution in [0.15, 0.2) is 146 Å². The minimum Gasteiger partial charge on any atom is -0.491 e. The molecule has 0 unspecified atom stereocenters. The summed E-state index contributed by atoms with van der Waals surface area (Å²) in [5.41, 5.74) is 1.92. The molecule has 0 aromatic heterocycles. The number of hydrogen-bond acceptors (Lipinski definition) is 2. The van der Waals surface area contributed by atoms with Crippen LogP contribution in [-0.4, -0.2) is 13.2 Å². The quantitative estimate of drug-likeness (QED) is 0.164. The first-order valence-electron chi connectivity index (χ1n) is 15.4. The lowest BCUT2D eigenvalue weighted by Gasteiger charge is -2.30. The molecular weight excluding hydrogens is 645 g/mol. The number of fused-ring (bicyclic) bond motifs is 3. The van der Waals surface area contributed by atoms with Gasteiger partial charge < -0.3 is 9.47 Å². The molecule has 0 aliphatic carbocycles. The van der Waals surface area contributed by atoms with Crippen molar-refractivity contribution in [2.24, 2.45) is 0 Å². The summed E-state index contributed by atoms with van der Waals surface area (Å²) >= 11 is 14.2. The van der Waals surface area contributed by atoms with E-state index in [0.29, 0.717) is 34.8 Å². The molecule has 2 nitrogen and oxygen atoms in total. The predicted octanol–water partition coefficient (Wildman–Crippen LogP) is 8.73. The molecule has 6 aromatic carbocycles. The van der Waals surface area contributed by atoms with Gasteiger partial charge in [0.05, 0.1) is 23.3 Å². The van der Waals surface area contributed by atoms with Gasteiger partial charge in [0.15, 0.2) is 0 Å². The van der Waals surface area contributed by atoms with Crippen LogP contribution >= 0.6 is 39.0 Å². The van der Waals surface area contributed by atoms with E-state index in [4.69, 9.17) is 32.7 Å². The van der Waals surface area contributed by atoms with Crippen LogP contribution in [0, 0.1) is 0 Å². The summed E-state index contributed by atoms with van der Waals surface area (Å²) in [6.07, 6.45) is 1.69. The maximum atomic E-state index is 7.12. The van der Waals surface area contributed by atoms with Gasteiger partial charge in [0, 0.05) is 11.1 Å². The average Bonchev–Trinajstić information content (AvgIpc) is 3.11. The van der Waals surface area contributed by atoms with Crippen LogP contribution in [0.2, 0.25) is 10.0 Å². The van der Waals surface area contributed by atoms with Crippen LogP contribution in [-0.2, 0) is 0 Å². The van der Waals surface area contributed by atoms with E-state index in [1.165, 1.54) is 21.2 Å². The Bertz CT molecular complexity index is 1700. The third kappa shape index (κ3) is 6.33. The Morgan fingerprint density at radius 2 is 0.696 bits per heavy atom. The van der Waals surface area contributed by atoms with Crippen molar-refractivity contribution < 1.29 is 9.47 Å². The van der Waals surface area contributed by atoms with E-state index in [1.807, 2.05) is 12.1 Å². The Balaban J connectivity index is 1.60. The number of ether oxygens (including phenoxy) is 2. The third-order valence-corrected chi connectivity index (χ3v) is 13.6.